The summed E-state index contributed by atoms with van der Waals surface area (Å²) in [5.74, 6) is -1.24. The van der Waals surface area contributed by atoms with E-state index in [0.717, 1.165) is 5.56 Å². The van der Waals surface area contributed by atoms with Gasteiger partial charge < -0.3 is 10.0 Å². The largest absolute Gasteiger partial charge is 0.480 e. The van der Waals surface area contributed by atoms with Crippen LogP contribution in [0.4, 0.5) is 0 Å². The number of nitrogens with zero attached hydrogens (tertiary/aromatic N) is 1. The third-order valence-electron chi connectivity index (χ3n) is 3.63. The zero-order chi connectivity index (χ0) is 14.2. The number of aryl methyl sites for hydroxylation is 1. The number of carboxylic acids is 1. The van der Waals surface area contributed by atoms with Crippen LogP contribution in [0.2, 0.25) is 5.02 Å². The van der Waals surface area contributed by atoms with Crippen molar-refractivity contribution in [2.75, 3.05) is 6.54 Å². The molecule has 1 aliphatic rings. The second-order valence-electron chi connectivity index (χ2n) is 5.01. The monoisotopic (exact) mass is 281 g/mol. The SMILES string of the molecule is Cc1ccc(C(=O)N2CCC(C)C2C(=O)O)cc1Cl. The van der Waals surface area contributed by atoms with Crippen LogP contribution < -0.4 is 0 Å². The van der Waals surface area contributed by atoms with Crippen molar-refractivity contribution in [3.8, 4) is 0 Å². The van der Waals surface area contributed by atoms with Crippen molar-refractivity contribution in [2.24, 2.45) is 5.92 Å². The van der Waals surface area contributed by atoms with Gasteiger partial charge in [-0.2, -0.15) is 0 Å². The van der Waals surface area contributed by atoms with Gasteiger partial charge in [-0.3, -0.25) is 4.79 Å². The Morgan fingerprint density at radius 2 is 2.11 bits per heavy atom. The van der Waals surface area contributed by atoms with E-state index >= 15 is 0 Å². The number of benzene rings is 1. The van der Waals surface area contributed by atoms with Crippen molar-refractivity contribution in [3.63, 3.8) is 0 Å². The first-order chi connectivity index (χ1) is 8.91. The van der Waals surface area contributed by atoms with Crippen LogP contribution in [0.3, 0.4) is 0 Å². The van der Waals surface area contributed by atoms with Gasteiger partial charge in [0, 0.05) is 17.1 Å². The van der Waals surface area contributed by atoms with Crippen LogP contribution in [0.1, 0.15) is 29.3 Å². The van der Waals surface area contributed by atoms with Gasteiger partial charge in [0.1, 0.15) is 6.04 Å². The van der Waals surface area contributed by atoms with Gasteiger partial charge in [-0.1, -0.05) is 24.6 Å². The molecular weight excluding hydrogens is 266 g/mol. The second-order valence-corrected chi connectivity index (χ2v) is 5.42. The highest BCUT2D eigenvalue weighted by Crippen LogP contribution is 2.27. The van der Waals surface area contributed by atoms with E-state index in [0.29, 0.717) is 23.6 Å². The van der Waals surface area contributed by atoms with E-state index in [1.807, 2.05) is 13.8 Å². The lowest BCUT2D eigenvalue weighted by atomic mass is 10.0. The summed E-state index contributed by atoms with van der Waals surface area (Å²) in [4.78, 5) is 25.1. The molecule has 19 heavy (non-hydrogen) atoms. The Morgan fingerprint density at radius 1 is 1.42 bits per heavy atom. The van der Waals surface area contributed by atoms with E-state index in [1.54, 1.807) is 18.2 Å². The van der Waals surface area contributed by atoms with Crippen molar-refractivity contribution in [1.29, 1.82) is 0 Å². The highest BCUT2D eigenvalue weighted by atomic mass is 35.5. The molecule has 1 heterocycles. The third-order valence-corrected chi connectivity index (χ3v) is 4.04. The van der Waals surface area contributed by atoms with Crippen molar-refractivity contribution in [3.05, 3.63) is 34.3 Å². The van der Waals surface area contributed by atoms with Gasteiger partial charge in [0.05, 0.1) is 0 Å². The third kappa shape index (κ3) is 2.59. The Balaban J connectivity index is 2.28. The Hall–Kier alpha value is -1.55. The molecule has 1 aliphatic heterocycles. The number of rotatable bonds is 2. The maximum atomic E-state index is 12.4. The maximum Gasteiger partial charge on any atom is 0.326 e. The summed E-state index contributed by atoms with van der Waals surface area (Å²) < 4.78 is 0. The molecule has 4 nitrogen and oxygen atoms in total. The molecule has 2 atom stereocenters. The number of amides is 1. The first kappa shape index (κ1) is 13.9. The molecule has 1 aromatic carbocycles. The van der Waals surface area contributed by atoms with Crippen molar-refractivity contribution < 1.29 is 14.7 Å². The number of carbonyl (C=O) groups excluding carboxylic acids is 1. The van der Waals surface area contributed by atoms with Crippen molar-refractivity contribution in [1.82, 2.24) is 4.90 Å². The molecule has 2 rings (SSSR count). The van der Waals surface area contributed by atoms with Gasteiger partial charge in [0.25, 0.3) is 5.91 Å². The van der Waals surface area contributed by atoms with Crippen LogP contribution >= 0.6 is 11.6 Å². The summed E-state index contributed by atoms with van der Waals surface area (Å²) in [6.07, 6.45) is 0.711. The molecule has 1 fully saturated rings. The molecule has 0 aromatic heterocycles. The Morgan fingerprint density at radius 3 is 2.68 bits per heavy atom. The Labute approximate surface area is 117 Å². The molecule has 1 saturated heterocycles. The van der Waals surface area contributed by atoms with E-state index in [-0.39, 0.29) is 11.8 Å². The first-order valence-electron chi connectivity index (χ1n) is 6.21. The number of hydrogen-bond donors (Lipinski definition) is 1. The summed E-state index contributed by atoms with van der Waals surface area (Å²) in [5.41, 5.74) is 1.33. The average molecular weight is 282 g/mol. The summed E-state index contributed by atoms with van der Waals surface area (Å²) in [5, 5.41) is 9.75. The summed E-state index contributed by atoms with van der Waals surface area (Å²) >= 11 is 6.01. The Kier molecular flexibility index (Phi) is 3.80. The van der Waals surface area contributed by atoms with Crippen LogP contribution in [0.5, 0.6) is 0 Å². The van der Waals surface area contributed by atoms with Crippen molar-refractivity contribution in [2.45, 2.75) is 26.3 Å². The molecular formula is C14H16ClNO3. The number of halogens is 1. The summed E-state index contributed by atoms with van der Waals surface area (Å²) in [7, 11) is 0. The topological polar surface area (TPSA) is 57.6 Å². The molecule has 1 amide bonds. The van der Waals surface area contributed by atoms with Crippen molar-refractivity contribution >= 4 is 23.5 Å². The van der Waals surface area contributed by atoms with Gasteiger partial charge in [0.15, 0.2) is 0 Å². The van der Waals surface area contributed by atoms with Crippen LogP contribution in [-0.2, 0) is 4.79 Å². The standard InChI is InChI=1S/C14H16ClNO3/c1-8-3-4-10(7-11(8)15)13(17)16-6-5-9(2)12(16)14(18)19/h3-4,7,9,12H,5-6H2,1-2H3,(H,18,19). The lowest BCUT2D eigenvalue weighted by Crippen LogP contribution is -2.42. The molecule has 1 N–H and O–H groups in total. The molecule has 0 spiro atoms. The second kappa shape index (κ2) is 5.21. The number of carboxylic acid groups (broad SMARTS) is 1. The smallest absolute Gasteiger partial charge is 0.326 e. The van der Waals surface area contributed by atoms with Gasteiger partial charge in [-0.25, -0.2) is 4.79 Å². The number of hydrogen-bond acceptors (Lipinski definition) is 2. The molecule has 0 saturated carbocycles. The summed E-state index contributed by atoms with van der Waals surface area (Å²) in [6.45, 7) is 4.19. The molecule has 2 unspecified atom stereocenters. The number of likely N-dealkylation sites (tertiary alicyclic amines) is 1. The minimum absolute atomic E-state index is 0.0256. The fourth-order valence-corrected chi connectivity index (χ4v) is 2.62. The molecule has 0 radical (unpaired) electrons. The fraction of sp³-hybridized carbons (Fsp3) is 0.429. The molecule has 1 aromatic rings. The number of aliphatic carboxylic acids is 1. The van der Waals surface area contributed by atoms with Crippen LogP contribution in [0, 0.1) is 12.8 Å². The van der Waals surface area contributed by atoms with Gasteiger partial charge >= 0.3 is 5.97 Å². The van der Waals surface area contributed by atoms with Gasteiger partial charge in [0.2, 0.25) is 0 Å². The van der Waals surface area contributed by atoms with E-state index in [2.05, 4.69) is 0 Å². The first-order valence-corrected chi connectivity index (χ1v) is 6.59. The molecule has 0 bridgehead atoms. The van der Waals surface area contributed by atoms with Crippen LogP contribution in [0.15, 0.2) is 18.2 Å². The highest BCUT2D eigenvalue weighted by Gasteiger charge is 2.39. The number of carbonyl (C=O) groups is 2. The predicted octanol–water partition coefficient (Wildman–Crippen LogP) is 2.58. The normalized spacial score (nSPS) is 22.6. The minimum atomic E-state index is -0.948. The minimum Gasteiger partial charge on any atom is -0.480 e. The lowest BCUT2D eigenvalue weighted by molar-refractivity contribution is -0.142. The zero-order valence-electron chi connectivity index (χ0n) is 10.9. The Bertz CT molecular complexity index is 529. The van der Waals surface area contributed by atoms with Gasteiger partial charge in [-0.15, -0.1) is 0 Å². The summed E-state index contributed by atoms with van der Waals surface area (Å²) in [6, 6.07) is 4.31. The quantitative estimate of drug-likeness (QED) is 0.906. The van der Waals surface area contributed by atoms with E-state index in [1.165, 1.54) is 4.90 Å². The maximum absolute atomic E-state index is 12.4. The van der Waals surface area contributed by atoms with E-state index < -0.39 is 12.0 Å². The van der Waals surface area contributed by atoms with Gasteiger partial charge in [-0.05, 0) is 37.0 Å². The highest BCUT2D eigenvalue weighted by molar-refractivity contribution is 6.31. The lowest BCUT2D eigenvalue weighted by Gasteiger charge is -2.23. The fourth-order valence-electron chi connectivity index (χ4n) is 2.44. The molecule has 102 valence electrons. The van der Waals surface area contributed by atoms with E-state index in [4.69, 9.17) is 11.6 Å². The molecule has 0 aliphatic carbocycles. The molecule has 5 heteroatoms. The predicted molar refractivity (Wildman–Crippen MR) is 72.4 cm³/mol. The van der Waals surface area contributed by atoms with Crippen LogP contribution in [0.25, 0.3) is 0 Å². The van der Waals surface area contributed by atoms with Crippen LogP contribution in [-0.4, -0.2) is 34.5 Å². The average Bonchev–Trinajstić information content (AvgIpc) is 2.74. The van der Waals surface area contributed by atoms with E-state index in [9.17, 15) is 14.7 Å². The zero-order valence-corrected chi connectivity index (χ0v) is 11.6.